The lowest BCUT2D eigenvalue weighted by Crippen LogP contribution is -2.58. The minimum atomic E-state index is -5.16. The van der Waals surface area contributed by atoms with Crippen LogP contribution < -0.4 is 5.32 Å². The third-order valence-corrected chi connectivity index (χ3v) is 6.34. The molecule has 0 aromatic heterocycles. The largest absolute Gasteiger partial charge is 0.452 e. The Morgan fingerprint density at radius 3 is 2.00 bits per heavy atom. The summed E-state index contributed by atoms with van der Waals surface area (Å²) in [5.41, 5.74) is 1.22. The molecule has 0 radical (unpaired) electrons. The molecule has 0 saturated carbocycles. The molecule has 39 heavy (non-hydrogen) atoms. The van der Waals surface area contributed by atoms with E-state index in [0.29, 0.717) is 11.1 Å². The summed E-state index contributed by atoms with van der Waals surface area (Å²) in [5, 5.41) is 2.20. The van der Waals surface area contributed by atoms with Gasteiger partial charge in [0, 0.05) is 18.5 Å². The monoisotopic (exact) mass is 543 g/mol. The number of halogens is 3. The highest BCUT2D eigenvalue weighted by molar-refractivity contribution is 6.00. The lowest BCUT2D eigenvalue weighted by atomic mass is 9.95. The van der Waals surface area contributed by atoms with Crippen molar-refractivity contribution >= 4 is 29.2 Å². The molecule has 1 N–H and O–H groups in total. The van der Waals surface area contributed by atoms with E-state index in [-0.39, 0.29) is 23.9 Å². The third kappa shape index (κ3) is 7.13. The fourth-order valence-electron chi connectivity index (χ4n) is 4.43. The molecule has 3 amide bonds. The average molecular weight is 544 g/mol. The smallest absolute Gasteiger partial charge is 0.344 e. The molecule has 7 nitrogen and oxygen atoms in total. The molecule has 0 spiro atoms. The Morgan fingerprint density at radius 2 is 1.49 bits per heavy atom. The van der Waals surface area contributed by atoms with Gasteiger partial charge >= 0.3 is 6.18 Å². The fourth-order valence-corrected chi connectivity index (χ4v) is 4.43. The Bertz CT molecular complexity index is 1230. The Morgan fingerprint density at radius 1 is 0.923 bits per heavy atom. The molecule has 2 atom stereocenters. The van der Waals surface area contributed by atoms with Crippen LogP contribution >= 0.6 is 0 Å². The van der Waals surface area contributed by atoms with Crippen LogP contribution in [0.2, 0.25) is 0 Å². The van der Waals surface area contributed by atoms with Crippen LogP contribution in [0.5, 0.6) is 0 Å². The summed E-state index contributed by atoms with van der Waals surface area (Å²) in [7, 11) is 0. The lowest BCUT2D eigenvalue weighted by Gasteiger charge is -2.41. The first-order valence-electron chi connectivity index (χ1n) is 12.7. The van der Waals surface area contributed by atoms with Gasteiger partial charge < -0.3 is 10.2 Å². The molecular weight excluding hydrogens is 511 g/mol. The summed E-state index contributed by atoms with van der Waals surface area (Å²) in [6.07, 6.45) is -4.02. The number of carbonyl (C=O) groups excluding carboxylic acids is 4. The molecule has 0 bridgehead atoms. The predicted octanol–water partition coefficient (Wildman–Crippen LogP) is 4.20. The first-order valence-corrected chi connectivity index (χ1v) is 12.7. The van der Waals surface area contributed by atoms with Crippen molar-refractivity contribution in [3.05, 3.63) is 78.0 Å². The number of ketones is 1. The fraction of sp³-hybridized carbons (Fsp3) is 0.379. The second-order valence-corrected chi connectivity index (χ2v) is 10.1. The van der Waals surface area contributed by atoms with Gasteiger partial charge in [-0.3, -0.25) is 24.1 Å². The SMILES string of the molecule is CC(C)C(=O)N1C=C(c2ccccc2)N(CC(=O)N[C@@H](Cc2ccccc2)C(=O)C(F)(F)F)C(=O)[C@@H]1C(C)C. The summed E-state index contributed by atoms with van der Waals surface area (Å²) < 4.78 is 40.1. The lowest BCUT2D eigenvalue weighted by molar-refractivity contribution is -0.173. The highest BCUT2D eigenvalue weighted by Crippen LogP contribution is 2.31. The predicted molar refractivity (Wildman–Crippen MR) is 140 cm³/mol. The number of nitrogens with one attached hydrogen (secondary N) is 1. The van der Waals surface area contributed by atoms with Crippen molar-refractivity contribution in [2.75, 3.05) is 6.54 Å². The summed E-state index contributed by atoms with van der Waals surface area (Å²) in [4.78, 5) is 54.7. The molecule has 1 aliphatic heterocycles. The number of hydrogen-bond acceptors (Lipinski definition) is 4. The number of benzene rings is 2. The van der Waals surface area contributed by atoms with Gasteiger partial charge in [-0.25, -0.2) is 0 Å². The molecule has 10 heteroatoms. The van der Waals surface area contributed by atoms with Crippen molar-refractivity contribution in [1.82, 2.24) is 15.1 Å². The van der Waals surface area contributed by atoms with Crippen molar-refractivity contribution < 1.29 is 32.3 Å². The molecule has 2 aromatic carbocycles. The maximum absolute atomic E-state index is 13.8. The zero-order valence-corrected chi connectivity index (χ0v) is 22.2. The van der Waals surface area contributed by atoms with Gasteiger partial charge in [0.1, 0.15) is 18.6 Å². The van der Waals surface area contributed by atoms with Crippen molar-refractivity contribution in [2.45, 2.75) is 52.4 Å². The summed E-state index contributed by atoms with van der Waals surface area (Å²) in [6.45, 7) is 6.32. The maximum atomic E-state index is 13.8. The number of amides is 3. The molecule has 2 aromatic rings. The summed E-state index contributed by atoms with van der Waals surface area (Å²) in [6, 6.07) is 13.8. The van der Waals surface area contributed by atoms with Gasteiger partial charge in [-0.15, -0.1) is 0 Å². The molecule has 0 fully saturated rings. The van der Waals surface area contributed by atoms with E-state index >= 15 is 0 Å². The second-order valence-electron chi connectivity index (χ2n) is 10.1. The number of alkyl halides is 3. The van der Waals surface area contributed by atoms with E-state index in [0.717, 1.165) is 4.90 Å². The Hall–Kier alpha value is -3.95. The number of carbonyl (C=O) groups is 4. The molecule has 1 heterocycles. The third-order valence-electron chi connectivity index (χ3n) is 6.34. The van der Waals surface area contributed by atoms with E-state index in [1.807, 2.05) is 0 Å². The quantitative estimate of drug-likeness (QED) is 0.514. The number of hydrogen-bond donors (Lipinski definition) is 1. The van der Waals surface area contributed by atoms with Crippen LogP contribution in [0.3, 0.4) is 0 Å². The van der Waals surface area contributed by atoms with Crippen LogP contribution in [0.4, 0.5) is 13.2 Å². The van der Waals surface area contributed by atoms with E-state index in [4.69, 9.17) is 0 Å². The van der Waals surface area contributed by atoms with Gasteiger partial charge in [0.05, 0.1) is 5.70 Å². The van der Waals surface area contributed by atoms with Gasteiger partial charge in [0.15, 0.2) is 0 Å². The summed E-state index contributed by atoms with van der Waals surface area (Å²) in [5.74, 6) is -4.58. The van der Waals surface area contributed by atoms with E-state index in [2.05, 4.69) is 5.32 Å². The Labute approximate surface area is 225 Å². The van der Waals surface area contributed by atoms with E-state index in [1.54, 1.807) is 88.4 Å². The number of nitrogens with zero attached hydrogens (tertiary/aromatic N) is 2. The van der Waals surface area contributed by atoms with E-state index in [1.165, 1.54) is 11.1 Å². The first-order chi connectivity index (χ1) is 18.3. The average Bonchev–Trinajstić information content (AvgIpc) is 2.88. The molecule has 0 aliphatic carbocycles. The van der Waals surface area contributed by atoms with Crippen LogP contribution in [0.1, 0.15) is 38.8 Å². The van der Waals surface area contributed by atoms with E-state index < -0.39 is 48.3 Å². The van der Waals surface area contributed by atoms with Gasteiger partial charge in [-0.05, 0) is 17.0 Å². The highest BCUT2D eigenvalue weighted by Gasteiger charge is 2.45. The van der Waals surface area contributed by atoms with Crippen molar-refractivity contribution in [1.29, 1.82) is 0 Å². The zero-order chi connectivity index (χ0) is 28.9. The molecular formula is C29H32F3N3O4. The van der Waals surface area contributed by atoms with Gasteiger partial charge in [0.25, 0.3) is 11.7 Å². The molecule has 3 rings (SSSR count). The van der Waals surface area contributed by atoms with Crippen LogP contribution in [-0.2, 0) is 25.6 Å². The van der Waals surface area contributed by atoms with Crippen LogP contribution in [-0.4, -0.2) is 58.1 Å². The first kappa shape index (κ1) is 29.6. The molecule has 208 valence electrons. The minimum absolute atomic E-state index is 0.253. The summed E-state index contributed by atoms with van der Waals surface area (Å²) >= 11 is 0. The number of Topliss-reactive ketones (excluding diaryl/α,β-unsaturated/α-hetero) is 1. The second kappa shape index (κ2) is 12.3. The molecule has 0 saturated heterocycles. The minimum Gasteiger partial charge on any atom is -0.344 e. The Balaban J connectivity index is 1.97. The molecule has 1 aliphatic rings. The Kier molecular flexibility index (Phi) is 9.32. The van der Waals surface area contributed by atoms with Crippen LogP contribution in [0, 0.1) is 11.8 Å². The van der Waals surface area contributed by atoms with Crippen molar-refractivity contribution in [3.63, 3.8) is 0 Å². The van der Waals surface area contributed by atoms with Gasteiger partial charge in [0.2, 0.25) is 11.8 Å². The van der Waals surface area contributed by atoms with Crippen LogP contribution in [0.25, 0.3) is 5.70 Å². The highest BCUT2D eigenvalue weighted by atomic mass is 19.4. The molecule has 0 unspecified atom stereocenters. The van der Waals surface area contributed by atoms with Gasteiger partial charge in [-0.1, -0.05) is 88.4 Å². The topological polar surface area (TPSA) is 86.8 Å². The van der Waals surface area contributed by atoms with E-state index in [9.17, 15) is 32.3 Å². The van der Waals surface area contributed by atoms with Gasteiger partial charge in [-0.2, -0.15) is 13.2 Å². The van der Waals surface area contributed by atoms with Crippen molar-refractivity contribution in [2.24, 2.45) is 11.8 Å². The number of rotatable bonds is 9. The standard InChI is InChI=1S/C29H32F3N3O4/c1-18(2)25-28(39)34(23(21-13-9-6-10-14-21)16-35(25)27(38)19(3)4)17-24(36)33-22(26(37)29(30,31)32)15-20-11-7-5-8-12-20/h5-14,16,18-19,22,25H,15,17H2,1-4H3,(H,33,36)/t22-,25-/m0/s1. The zero-order valence-electron chi connectivity index (χ0n) is 22.2. The maximum Gasteiger partial charge on any atom is 0.452 e. The van der Waals surface area contributed by atoms with Crippen LogP contribution in [0.15, 0.2) is 66.9 Å². The normalized spacial score (nSPS) is 16.8. The van der Waals surface area contributed by atoms with Crippen molar-refractivity contribution in [3.8, 4) is 0 Å².